The number of hydrogen-bond donors (Lipinski definition) is 0. The monoisotopic (exact) mass is 239 g/mol. The van der Waals surface area contributed by atoms with E-state index < -0.39 is 5.92 Å². The summed E-state index contributed by atoms with van der Waals surface area (Å²) in [5.74, 6) is -0.736. The van der Waals surface area contributed by atoms with Gasteiger partial charge in [0.25, 0.3) is 0 Å². The highest BCUT2D eigenvalue weighted by Crippen LogP contribution is 2.33. The molecule has 0 bridgehead atoms. The Morgan fingerprint density at radius 3 is 2.69 bits per heavy atom. The molecule has 0 saturated carbocycles. The van der Waals surface area contributed by atoms with Crippen LogP contribution in [0.25, 0.3) is 0 Å². The Morgan fingerprint density at radius 1 is 1.50 bits per heavy atom. The maximum Gasteiger partial charge on any atom is 0.129 e. The summed E-state index contributed by atoms with van der Waals surface area (Å²) in [6, 6.07) is 6.70. The summed E-state index contributed by atoms with van der Waals surface area (Å²) in [5.41, 5.74) is 0.340. The van der Waals surface area contributed by atoms with Crippen molar-refractivity contribution in [3.8, 4) is 6.07 Å². The average molecular weight is 240 g/mol. The first kappa shape index (κ1) is 13.0. The van der Waals surface area contributed by atoms with E-state index in [0.717, 1.165) is 12.8 Å². The van der Waals surface area contributed by atoms with Gasteiger partial charge >= 0.3 is 0 Å². The summed E-state index contributed by atoms with van der Waals surface area (Å²) < 4.78 is 13.7. The lowest BCUT2D eigenvalue weighted by atomic mass is 9.85. The van der Waals surface area contributed by atoms with Crippen molar-refractivity contribution in [2.75, 3.05) is 0 Å². The van der Waals surface area contributed by atoms with Crippen LogP contribution in [0.4, 0.5) is 4.39 Å². The van der Waals surface area contributed by atoms with Gasteiger partial charge in [0.15, 0.2) is 0 Å². The van der Waals surface area contributed by atoms with Gasteiger partial charge < -0.3 is 0 Å². The summed E-state index contributed by atoms with van der Waals surface area (Å²) in [7, 11) is 0. The van der Waals surface area contributed by atoms with Crippen molar-refractivity contribution in [1.29, 1.82) is 5.26 Å². The van der Waals surface area contributed by atoms with Gasteiger partial charge in [-0.2, -0.15) is 5.26 Å². The molecule has 0 fully saturated rings. The molecule has 0 heterocycles. The molecule has 1 aromatic rings. The van der Waals surface area contributed by atoms with E-state index in [-0.39, 0.29) is 11.7 Å². The largest absolute Gasteiger partial charge is 0.207 e. The molecule has 0 aromatic heterocycles. The Hall–Kier alpha value is -1.07. The summed E-state index contributed by atoms with van der Waals surface area (Å²) in [5, 5.41) is 9.49. The molecule has 1 nitrogen and oxygen atoms in total. The Balaban J connectivity index is 3.09. The summed E-state index contributed by atoms with van der Waals surface area (Å²) in [4.78, 5) is 0. The Morgan fingerprint density at radius 2 is 2.19 bits per heavy atom. The highest BCUT2D eigenvalue weighted by Gasteiger charge is 2.23. The zero-order valence-corrected chi connectivity index (χ0v) is 10.3. The second kappa shape index (κ2) is 5.86. The highest BCUT2D eigenvalue weighted by atomic mass is 35.5. The van der Waals surface area contributed by atoms with Crippen LogP contribution >= 0.6 is 11.6 Å². The van der Waals surface area contributed by atoms with Crippen molar-refractivity contribution in [1.82, 2.24) is 0 Å². The predicted octanol–water partition coefficient (Wildman–Crippen LogP) is 4.52. The molecule has 0 N–H and O–H groups in total. The third-order valence-corrected chi connectivity index (χ3v) is 3.09. The molecule has 0 saturated heterocycles. The first-order valence-corrected chi connectivity index (χ1v) is 5.83. The van der Waals surface area contributed by atoms with Gasteiger partial charge in [0.2, 0.25) is 0 Å². The quantitative estimate of drug-likeness (QED) is 0.758. The zero-order valence-electron chi connectivity index (χ0n) is 9.50. The maximum absolute atomic E-state index is 13.7. The summed E-state index contributed by atoms with van der Waals surface area (Å²) in [6.45, 7) is 4.01. The van der Waals surface area contributed by atoms with Crippen LogP contribution in [0.3, 0.4) is 0 Å². The number of nitriles is 1. The molecule has 0 aliphatic rings. The summed E-state index contributed by atoms with van der Waals surface area (Å²) >= 11 is 5.96. The number of halogens is 2. The van der Waals surface area contributed by atoms with Gasteiger partial charge in [-0.1, -0.05) is 37.9 Å². The molecule has 0 amide bonds. The molecule has 3 heteroatoms. The van der Waals surface area contributed by atoms with E-state index in [1.165, 1.54) is 6.07 Å². The molecule has 0 aliphatic carbocycles. The number of rotatable bonds is 4. The Kier molecular flexibility index (Phi) is 4.76. The number of benzene rings is 1. The molecular formula is C13H15ClFN. The molecule has 0 spiro atoms. The SMILES string of the molecule is CCCC(C)C(C#N)c1c(F)cccc1Cl. The molecule has 2 atom stereocenters. The molecule has 86 valence electrons. The molecule has 2 unspecified atom stereocenters. The Bertz CT molecular complexity index is 377. The van der Waals surface area contributed by atoms with Crippen molar-refractivity contribution in [3.63, 3.8) is 0 Å². The minimum Gasteiger partial charge on any atom is -0.207 e. The number of hydrogen-bond acceptors (Lipinski definition) is 1. The van der Waals surface area contributed by atoms with Gasteiger partial charge in [-0.3, -0.25) is 0 Å². The van der Waals surface area contributed by atoms with Crippen LogP contribution in [0.5, 0.6) is 0 Å². The average Bonchev–Trinajstić information content (AvgIpc) is 2.24. The van der Waals surface area contributed by atoms with Crippen molar-refractivity contribution in [2.24, 2.45) is 5.92 Å². The van der Waals surface area contributed by atoms with Crippen LogP contribution in [-0.4, -0.2) is 0 Å². The normalized spacial score (nSPS) is 14.2. The topological polar surface area (TPSA) is 23.8 Å². The van der Waals surface area contributed by atoms with Crippen molar-refractivity contribution < 1.29 is 4.39 Å². The third kappa shape index (κ3) is 2.74. The fraction of sp³-hybridized carbons (Fsp3) is 0.462. The second-order valence-electron chi connectivity index (χ2n) is 4.01. The van der Waals surface area contributed by atoms with Crippen LogP contribution in [0, 0.1) is 23.1 Å². The van der Waals surface area contributed by atoms with Gasteiger partial charge in [-0.15, -0.1) is 0 Å². The van der Waals surface area contributed by atoms with Crippen LogP contribution < -0.4 is 0 Å². The first-order valence-electron chi connectivity index (χ1n) is 5.45. The van der Waals surface area contributed by atoms with E-state index in [4.69, 9.17) is 16.9 Å². The van der Waals surface area contributed by atoms with E-state index in [9.17, 15) is 4.39 Å². The third-order valence-electron chi connectivity index (χ3n) is 2.76. The lowest BCUT2D eigenvalue weighted by Gasteiger charge is -2.18. The fourth-order valence-electron chi connectivity index (χ4n) is 1.91. The molecule has 1 rings (SSSR count). The smallest absolute Gasteiger partial charge is 0.129 e. The van der Waals surface area contributed by atoms with Gasteiger partial charge in [-0.25, -0.2) is 4.39 Å². The minimum atomic E-state index is -0.464. The second-order valence-corrected chi connectivity index (χ2v) is 4.42. The molecular weight excluding hydrogens is 225 g/mol. The minimum absolute atomic E-state index is 0.115. The standard InChI is InChI=1S/C13H15ClFN/c1-3-5-9(2)10(8-16)13-11(14)6-4-7-12(13)15/h4,6-7,9-10H,3,5H2,1-2H3. The molecule has 1 aromatic carbocycles. The van der Waals surface area contributed by atoms with Crippen LogP contribution in [0.2, 0.25) is 5.02 Å². The molecule has 0 radical (unpaired) electrons. The summed E-state index contributed by atoms with van der Waals surface area (Å²) in [6.07, 6.45) is 1.87. The van der Waals surface area contributed by atoms with Gasteiger partial charge in [0, 0.05) is 10.6 Å². The van der Waals surface area contributed by atoms with Gasteiger partial charge in [0.05, 0.1) is 12.0 Å². The van der Waals surface area contributed by atoms with Crippen LogP contribution in [0.15, 0.2) is 18.2 Å². The molecule has 0 aliphatic heterocycles. The molecule has 16 heavy (non-hydrogen) atoms. The lowest BCUT2D eigenvalue weighted by Crippen LogP contribution is -2.10. The van der Waals surface area contributed by atoms with Crippen molar-refractivity contribution in [3.05, 3.63) is 34.6 Å². The Labute approximate surface area is 101 Å². The zero-order chi connectivity index (χ0) is 12.1. The van der Waals surface area contributed by atoms with Crippen LogP contribution in [-0.2, 0) is 0 Å². The number of nitrogens with zero attached hydrogens (tertiary/aromatic N) is 1. The predicted molar refractivity (Wildman–Crippen MR) is 63.8 cm³/mol. The maximum atomic E-state index is 13.7. The van der Waals surface area contributed by atoms with Crippen molar-refractivity contribution >= 4 is 11.6 Å². The van der Waals surface area contributed by atoms with E-state index in [2.05, 4.69) is 6.07 Å². The van der Waals surface area contributed by atoms with E-state index in [0.29, 0.717) is 10.6 Å². The van der Waals surface area contributed by atoms with Gasteiger partial charge in [-0.05, 0) is 24.5 Å². The van der Waals surface area contributed by atoms with E-state index >= 15 is 0 Å². The van der Waals surface area contributed by atoms with E-state index in [1.807, 2.05) is 13.8 Å². The first-order chi connectivity index (χ1) is 7.61. The lowest BCUT2D eigenvalue weighted by molar-refractivity contribution is 0.467. The van der Waals surface area contributed by atoms with Crippen molar-refractivity contribution in [2.45, 2.75) is 32.6 Å². The fourth-order valence-corrected chi connectivity index (χ4v) is 2.19. The highest BCUT2D eigenvalue weighted by molar-refractivity contribution is 6.31. The van der Waals surface area contributed by atoms with Gasteiger partial charge in [0.1, 0.15) is 5.82 Å². The van der Waals surface area contributed by atoms with E-state index in [1.54, 1.807) is 12.1 Å². The van der Waals surface area contributed by atoms with Crippen LogP contribution in [0.1, 0.15) is 38.2 Å².